The van der Waals surface area contributed by atoms with E-state index >= 15 is 0 Å². The van der Waals surface area contributed by atoms with Gasteiger partial charge in [0, 0.05) is 9.86 Å². The van der Waals surface area contributed by atoms with Crippen LogP contribution in [0, 0.1) is 5.82 Å². The van der Waals surface area contributed by atoms with Gasteiger partial charge < -0.3 is 10.4 Å². The van der Waals surface area contributed by atoms with Crippen LogP contribution in [-0.4, -0.2) is 33.9 Å². The van der Waals surface area contributed by atoms with Crippen molar-refractivity contribution in [1.29, 1.82) is 0 Å². The Balaban J connectivity index is 1.96. The highest BCUT2D eigenvalue weighted by molar-refractivity contribution is 9.10. The largest absolute Gasteiger partial charge is 0.391 e. The minimum atomic E-state index is -0.721. The molecule has 4 N–H and O–H groups in total. The average molecular weight is 423 g/mol. The van der Waals surface area contributed by atoms with E-state index in [0.29, 0.717) is 21.1 Å². The molecule has 0 spiro atoms. The Morgan fingerprint density at radius 2 is 2.23 bits per heavy atom. The Labute approximate surface area is 156 Å². The molecule has 9 heteroatoms. The molecule has 0 fully saturated rings. The van der Waals surface area contributed by atoms with Crippen molar-refractivity contribution in [2.24, 2.45) is 0 Å². The van der Waals surface area contributed by atoms with Crippen LogP contribution in [-0.2, 0) is 4.84 Å². The Morgan fingerprint density at radius 1 is 1.42 bits per heavy atom. The molecule has 0 saturated heterocycles. The lowest BCUT2D eigenvalue weighted by Crippen LogP contribution is -2.28. The van der Waals surface area contributed by atoms with E-state index in [2.05, 4.69) is 36.9 Å². The number of rotatable bonds is 6. The number of amides is 1. The van der Waals surface area contributed by atoms with E-state index in [4.69, 9.17) is 4.84 Å². The summed E-state index contributed by atoms with van der Waals surface area (Å²) in [6, 6.07) is 7.83. The quantitative estimate of drug-likeness (QED) is 0.457. The Morgan fingerprint density at radius 3 is 2.96 bits per heavy atom. The molecule has 0 aliphatic heterocycles. The zero-order chi connectivity index (χ0) is 18.7. The highest BCUT2D eigenvalue weighted by Crippen LogP contribution is 2.31. The third-order valence-corrected chi connectivity index (χ3v) is 4.04. The molecule has 1 atom stereocenters. The SMILES string of the molecule is C[C@H](O)CONC(=O)c1ccc2[nH]ncc2c1Nc1ccc(Br)cc1F. The number of aliphatic hydroxyl groups is 1. The van der Waals surface area contributed by atoms with Crippen molar-refractivity contribution in [2.45, 2.75) is 13.0 Å². The topological polar surface area (TPSA) is 99.3 Å². The number of aromatic amines is 1. The van der Waals surface area contributed by atoms with Gasteiger partial charge in [-0.1, -0.05) is 15.9 Å². The first-order valence-corrected chi connectivity index (χ1v) is 8.53. The van der Waals surface area contributed by atoms with Crippen LogP contribution in [0.2, 0.25) is 0 Å². The lowest BCUT2D eigenvalue weighted by Gasteiger charge is -2.14. The van der Waals surface area contributed by atoms with Crippen molar-refractivity contribution < 1.29 is 19.1 Å². The van der Waals surface area contributed by atoms with E-state index in [1.165, 1.54) is 13.0 Å². The van der Waals surface area contributed by atoms with E-state index in [-0.39, 0.29) is 17.9 Å². The molecule has 1 heterocycles. The molecule has 0 bridgehead atoms. The second kappa shape index (κ2) is 7.81. The summed E-state index contributed by atoms with van der Waals surface area (Å²) in [4.78, 5) is 17.4. The molecule has 1 aromatic heterocycles. The third kappa shape index (κ3) is 4.01. The van der Waals surface area contributed by atoms with Gasteiger partial charge in [-0.15, -0.1) is 0 Å². The fourth-order valence-electron chi connectivity index (χ4n) is 2.35. The van der Waals surface area contributed by atoms with Crippen LogP contribution in [0.4, 0.5) is 15.8 Å². The van der Waals surface area contributed by atoms with Gasteiger partial charge in [0.2, 0.25) is 0 Å². The Hall–Kier alpha value is -2.49. The Bertz CT molecular complexity index is 945. The fourth-order valence-corrected chi connectivity index (χ4v) is 2.68. The number of hydrogen-bond donors (Lipinski definition) is 4. The van der Waals surface area contributed by atoms with E-state index in [9.17, 15) is 14.3 Å². The number of nitrogens with one attached hydrogen (secondary N) is 3. The van der Waals surface area contributed by atoms with Crippen molar-refractivity contribution in [3.05, 3.63) is 52.4 Å². The third-order valence-electron chi connectivity index (χ3n) is 3.55. The number of carbonyl (C=O) groups excluding carboxylic acids is 1. The lowest BCUT2D eigenvalue weighted by atomic mass is 10.1. The minimum Gasteiger partial charge on any atom is -0.391 e. The first-order chi connectivity index (χ1) is 12.5. The van der Waals surface area contributed by atoms with Crippen molar-refractivity contribution in [3.63, 3.8) is 0 Å². The van der Waals surface area contributed by atoms with Gasteiger partial charge in [0.05, 0.1) is 34.8 Å². The maximum atomic E-state index is 14.2. The summed E-state index contributed by atoms with van der Waals surface area (Å²) >= 11 is 3.21. The van der Waals surface area contributed by atoms with Gasteiger partial charge in [-0.3, -0.25) is 14.7 Å². The highest BCUT2D eigenvalue weighted by Gasteiger charge is 2.17. The summed E-state index contributed by atoms with van der Waals surface area (Å²) in [6.07, 6.45) is 0.822. The number of aromatic nitrogens is 2. The summed E-state index contributed by atoms with van der Waals surface area (Å²) in [5.41, 5.74) is 3.79. The monoisotopic (exact) mass is 422 g/mol. The number of nitrogens with zero attached hydrogens (tertiary/aromatic N) is 1. The highest BCUT2D eigenvalue weighted by atomic mass is 79.9. The summed E-state index contributed by atoms with van der Waals surface area (Å²) in [7, 11) is 0. The standard InChI is InChI=1S/C17H16BrFN4O3/c1-9(24)8-26-23-17(25)11-3-5-14-12(7-20-22-14)16(11)21-15-4-2-10(18)6-13(15)19/h2-7,9,21,24H,8H2,1H3,(H,20,22)(H,23,25)/t9-/m0/s1. The van der Waals surface area contributed by atoms with Crippen LogP contribution in [0.5, 0.6) is 0 Å². The Kier molecular flexibility index (Phi) is 5.50. The fraction of sp³-hybridized carbons (Fsp3) is 0.176. The van der Waals surface area contributed by atoms with E-state index in [0.717, 1.165) is 0 Å². The molecule has 26 heavy (non-hydrogen) atoms. The van der Waals surface area contributed by atoms with Crippen molar-refractivity contribution >= 4 is 44.1 Å². The van der Waals surface area contributed by atoms with Gasteiger partial charge in [-0.25, -0.2) is 9.87 Å². The van der Waals surface area contributed by atoms with Gasteiger partial charge in [0.15, 0.2) is 0 Å². The van der Waals surface area contributed by atoms with Gasteiger partial charge in [-0.2, -0.15) is 5.10 Å². The molecular weight excluding hydrogens is 407 g/mol. The summed E-state index contributed by atoms with van der Waals surface area (Å²) in [5, 5.41) is 19.6. The van der Waals surface area contributed by atoms with Gasteiger partial charge in [-0.05, 0) is 37.3 Å². The molecule has 0 aliphatic rings. The normalized spacial score (nSPS) is 12.2. The van der Waals surface area contributed by atoms with Crippen LogP contribution < -0.4 is 10.8 Å². The zero-order valence-electron chi connectivity index (χ0n) is 13.7. The van der Waals surface area contributed by atoms with Crippen molar-refractivity contribution in [1.82, 2.24) is 15.7 Å². The summed E-state index contributed by atoms with van der Waals surface area (Å²) in [6.45, 7) is 1.48. The summed E-state index contributed by atoms with van der Waals surface area (Å²) < 4.78 is 14.8. The number of halogens is 2. The molecule has 2 aromatic carbocycles. The molecular formula is C17H16BrFN4O3. The zero-order valence-corrected chi connectivity index (χ0v) is 15.3. The molecule has 1 amide bonds. The predicted octanol–water partition coefficient (Wildman–Crippen LogP) is 3.25. The average Bonchev–Trinajstić information content (AvgIpc) is 3.06. The smallest absolute Gasteiger partial charge is 0.276 e. The van der Waals surface area contributed by atoms with Crippen molar-refractivity contribution in [3.8, 4) is 0 Å². The van der Waals surface area contributed by atoms with Crippen LogP contribution in [0.3, 0.4) is 0 Å². The number of aliphatic hydroxyl groups excluding tert-OH is 1. The maximum Gasteiger partial charge on any atom is 0.276 e. The maximum absolute atomic E-state index is 14.2. The second-order valence-electron chi connectivity index (χ2n) is 5.66. The van der Waals surface area contributed by atoms with Gasteiger partial charge in [0.1, 0.15) is 12.4 Å². The van der Waals surface area contributed by atoms with Crippen molar-refractivity contribution in [2.75, 3.05) is 11.9 Å². The number of carbonyl (C=O) groups is 1. The van der Waals surface area contributed by atoms with Gasteiger partial charge in [0.25, 0.3) is 5.91 Å². The van der Waals surface area contributed by atoms with Crippen LogP contribution in [0.1, 0.15) is 17.3 Å². The molecule has 0 aliphatic carbocycles. The molecule has 0 saturated carbocycles. The van der Waals surface area contributed by atoms with Crippen LogP contribution in [0.15, 0.2) is 41.0 Å². The number of benzene rings is 2. The van der Waals surface area contributed by atoms with E-state index in [1.54, 1.807) is 30.5 Å². The van der Waals surface area contributed by atoms with E-state index in [1.807, 2.05) is 0 Å². The van der Waals surface area contributed by atoms with E-state index < -0.39 is 17.8 Å². The minimum absolute atomic E-state index is 0.0518. The number of anilines is 2. The van der Waals surface area contributed by atoms with Crippen LogP contribution in [0.25, 0.3) is 10.9 Å². The number of fused-ring (bicyclic) bond motifs is 1. The first kappa shape index (κ1) is 18.3. The molecule has 3 aromatic rings. The number of hydrogen-bond acceptors (Lipinski definition) is 5. The molecule has 0 radical (unpaired) electrons. The number of H-pyrrole nitrogens is 1. The van der Waals surface area contributed by atoms with Gasteiger partial charge >= 0.3 is 0 Å². The molecule has 3 rings (SSSR count). The summed E-state index contributed by atoms with van der Waals surface area (Å²) in [5.74, 6) is -1.01. The second-order valence-corrected chi connectivity index (χ2v) is 6.58. The van der Waals surface area contributed by atoms with Crippen LogP contribution >= 0.6 is 15.9 Å². The predicted molar refractivity (Wildman–Crippen MR) is 98.6 cm³/mol. The lowest BCUT2D eigenvalue weighted by molar-refractivity contribution is -0.00682. The molecule has 0 unspecified atom stereocenters. The number of hydroxylamine groups is 1. The first-order valence-electron chi connectivity index (χ1n) is 7.74. The molecule has 136 valence electrons. The molecule has 7 nitrogen and oxygen atoms in total.